The molecule has 1 atom stereocenters. The normalized spacial score (nSPS) is 14.4. The van der Waals surface area contributed by atoms with Crippen molar-refractivity contribution in [2.75, 3.05) is 18.2 Å². The summed E-state index contributed by atoms with van der Waals surface area (Å²) >= 11 is 0. The Hall–Kier alpha value is -3.44. The quantitative estimate of drug-likeness (QED) is 0.296. The Morgan fingerprint density at radius 1 is 1.18 bits per heavy atom. The molecular formula is C16H20N4O8. The lowest BCUT2D eigenvalue weighted by atomic mass is 10.2. The maximum absolute atomic E-state index is 11.8. The maximum Gasteiger partial charge on any atom is 0.294 e. The fraction of sp³-hybridized carbons (Fsp3) is 0.500. The maximum atomic E-state index is 11.8. The van der Waals surface area contributed by atoms with Crippen LogP contribution in [-0.2, 0) is 14.5 Å². The Labute approximate surface area is 159 Å². The summed E-state index contributed by atoms with van der Waals surface area (Å²) in [6, 6.07) is 6.89. The van der Waals surface area contributed by atoms with E-state index in [1.807, 2.05) is 0 Å². The van der Waals surface area contributed by atoms with Crippen molar-refractivity contribution in [1.29, 1.82) is 0 Å². The van der Waals surface area contributed by atoms with Crippen LogP contribution in [0, 0.1) is 20.2 Å². The number of rotatable bonds is 12. The van der Waals surface area contributed by atoms with E-state index in [9.17, 15) is 25.0 Å². The number of carbonyl (C=O) groups excluding carboxylic acids is 1. The van der Waals surface area contributed by atoms with E-state index in [1.54, 1.807) is 31.2 Å². The van der Waals surface area contributed by atoms with Gasteiger partial charge in [0, 0.05) is 5.71 Å². The van der Waals surface area contributed by atoms with Gasteiger partial charge >= 0.3 is 0 Å². The Morgan fingerprint density at radius 2 is 1.89 bits per heavy atom. The van der Waals surface area contributed by atoms with Crippen LogP contribution >= 0.6 is 0 Å². The SMILES string of the molecule is CC1=NN(c2ccc(OCCCCC(CO[N+](=O)[O-])O[N+](=O)[O-])cc2)C(=O)C1. The number of nitrogens with zero attached hydrogens (tertiary/aromatic N) is 4. The van der Waals surface area contributed by atoms with Gasteiger partial charge in [-0.3, -0.25) is 4.79 Å². The van der Waals surface area contributed by atoms with E-state index in [-0.39, 0.29) is 12.3 Å². The average molecular weight is 396 g/mol. The molecule has 152 valence electrons. The molecule has 1 aromatic rings. The van der Waals surface area contributed by atoms with Gasteiger partial charge in [0.1, 0.15) is 18.5 Å². The summed E-state index contributed by atoms with van der Waals surface area (Å²) in [5.41, 5.74) is 1.41. The largest absolute Gasteiger partial charge is 0.494 e. The number of unbranched alkanes of at least 4 members (excludes halogenated alkanes) is 1. The first-order valence-corrected chi connectivity index (χ1v) is 8.53. The highest BCUT2D eigenvalue weighted by Gasteiger charge is 2.22. The van der Waals surface area contributed by atoms with Crippen molar-refractivity contribution < 1.29 is 29.4 Å². The summed E-state index contributed by atoms with van der Waals surface area (Å²) in [5, 5.41) is 24.1. The molecule has 0 saturated carbocycles. The number of anilines is 1. The lowest BCUT2D eigenvalue weighted by Crippen LogP contribution is -2.24. The van der Waals surface area contributed by atoms with Gasteiger partial charge in [-0.25, -0.2) is 5.01 Å². The molecule has 1 aromatic carbocycles. The molecule has 0 fully saturated rings. The van der Waals surface area contributed by atoms with Crippen molar-refractivity contribution in [3.63, 3.8) is 0 Å². The fourth-order valence-electron chi connectivity index (χ4n) is 2.54. The van der Waals surface area contributed by atoms with Crippen LogP contribution < -0.4 is 9.75 Å². The van der Waals surface area contributed by atoms with Crippen LogP contribution in [0.5, 0.6) is 5.75 Å². The molecule has 2 rings (SSSR count). The van der Waals surface area contributed by atoms with Gasteiger partial charge in [0.15, 0.2) is 0 Å². The predicted octanol–water partition coefficient (Wildman–Crippen LogP) is 2.13. The number of ether oxygens (including phenoxy) is 1. The van der Waals surface area contributed by atoms with Gasteiger partial charge in [0.25, 0.3) is 16.1 Å². The van der Waals surface area contributed by atoms with Gasteiger partial charge in [-0.2, -0.15) is 5.10 Å². The third-order valence-corrected chi connectivity index (χ3v) is 3.79. The molecule has 1 unspecified atom stereocenters. The van der Waals surface area contributed by atoms with Gasteiger partial charge in [-0.15, -0.1) is 20.2 Å². The second kappa shape index (κ2) is 10.0. The Kier molecular flexibility index (Phi) is 7.48. The first-order chi connectivity index (χ1) is 13.3. The van der Waals surface area contributed by atoms with Gasteiger partial charge in [0.05, 0.1) is 18.7 Å². The van der Waals surface area contributed by atoms with Gasteiger partial charge in [0.2, 0.25) is 0 Å². The van der Waals surface area contributed by atoms with Crippen LogP contribution in [-0.4, -0.2) is 41.1 Å². The van der Waals surface area contributed by atoms with Crippen LogP contribution in [0.15, 0.2) is 29.4 Å². The van der Waals surface area contributed by atoms with Crippen molar-refractivity contribution in [2.24, 2.45) is 5.10 Å². The Balaban J connectivity index is 1.71. The van der Waals surface area contributed by atoms with E-state index in [0.29, 0.717) is 37.3 Å². The molecule has 28 heavy (non-hydrogen) atoms. The standard InChI is InChI=1S/C16H20N4O8/c1-12-10-16(21)18(17-12)13-5-7-14(8-6-13)26-9-3-2-4-15(28-20(24)25)11-27-19(22)23/h5-8,15H,2-4,9-11H2,1H3. The summed E-state index contributed by atoms with van der Waals surface area (Å²) in [6.45, 7) is 1.63. The van der Waals surface area contributed by atoms with Crippen LogP contribution in [0.3, 0.4) is 0 Å². The molecule has 0 N–H and O–H groups in total. The van der Waals surface area contributed by atoms with E-state index >= 15 is 0 Å². The van der Waals surface area contributed by atoms with Crippen molar-refractivity contribution in [3.05, 3.63) is 44.5 Å². The molecule has 12 heteroatoms. The van der Waals surface area contributed by atoms with E-state index in [2.05, 4.69) is 14.8 Å². The lowest BCUT2D eigenvalue weighted by Gasteiger charge is -2.14. The zero-order valence-corrected chi connectivity index (χ0v) is 15.2. The first-order valence-electron chi connectivity index (χ1n) is 8.53. The minimum absolute atomic E-state index is 0.0845. The van der Waals surface area contributed by atoms with Crippen molar-refractivity contribution >= 4 is 17.3 Å². The molecule has 0 aliphatic carbocycles. The second-order valence-corrected chi connectivity index (χ2v) is 6.03. The first kappa shape index (κ1) is 20.9. The summed E-state index contributed by atoms with van der Waals surface area (Å²) in [4.78, 5) is 40.8. The monoisotopic (exact) mass is 396 g/mol. The van der Waals surface area contributed by atoms with Gasteiger partial charge in [-0.1, -0.05) is 0 Å². The number of carbonyl (C=O) groups is 1. The van der Waals surface area contributed by atoms with Crippen LogP contribution in [0.2, 0.25) is 0 Å². The smallest absolute Gasteiger partial charge is 0.294 e. The molecule has 0 radical (unpaired) electrons. The van der Waals surface area contributed by atoms with E-state index in [4.69, 9.17) is 4.74 Å². The number of amides is 1. The highest BCUT2D eigenvalue weighted by Crippen LogP contribution is 2.23. The van der Waals surface area contributed by atoms with Gasteiger partial charge < -0.3 is 14.4 Å². The van der Waals surface area contributed by atoms with E-state index < -0.39 is 22.9 Å². The predicted molar refractivity (Wildman–Crippen MR) is 95.8 cm³/mol. The van der Waals surface area contributed by atoms with Gasteiger partial charge in [-0.05, 0) is 50.5 Å². The lowest BCUT2D eigenvalue weighted by molar-refractivity contribution is -0.790. The van der Waals surface area contributed by atoms with Crippen molar-refractivity contribution in [2.45, 2.75) is 38.7 Å². The summed E-state index contributed by atoms with van der Waals surface area (Å²) in [7, 11) is 0. The molecule has 12 nitrogen and oxygen atoms in total. The summed E-state index contributed by atoms with van der Waals surface area (Å²) in [5.74, 6) is 0.518. The number of hydrazone groups is 1. The summed E-state index contributed by atoms with van der Waals surface area (Å²) < 4.78 is 5.58. The van der Waals surface area contributed by atoms with Crippen LogP contribution in [0.4, 0.5) is 5.69 Å². The highest BCUT2D eigenvalue weighted by atomic mass is 17.0. The molecule has 1 amide bonds. The number of hydrogen-bond acceptors (Lipinski definition) is 9. The molecule has 0 bridgehead atoms. The molecule has 0 spiro atoms. The summed E-state index contributed by atoms with van der Waals surface area (Å²) in [6.07, 6.45) is 0.569. The Morgan fingerprint density at radius 3 is 2.46 bits per heavy atom. The van der Waals surface area contributed by atoms with Crippen LogP contribution in [0.25, 0.3) is 0 Å². The highest BCUT2D eigenvalue weighted by molar-refractivity contribution is 6.12. The average Bonchev–Trinajstić information content (AvgIpc) is 2.97. The minimum Gasteiger partial charge on any atom is -0.494 e. The second-order valence-electron chi connectivity index (χ2n) is 6.03. The minimum atomic E-state index is -1.02. The zero-order valence-electron chi connectivity index (χ0n) is 15.2. The van der Waals surface area contributed by atoms with E-state index in [0.717, 1.165) is 5.71 Å². The number of hydrogen-bond donors (Lipinski definition) is 0. The van der Waals surface area contributed by atoms with Crippen LogP contribution in [0.1, 0.15) is 32.6 Å². The molecule has 1 aliphatic heterocycles. The molecule has 0 aromatic heterocycles. The fourth-order valence-corrected chi connectivity index (χ4v) is 2.54. The topological polar surface area (TPSA) is 147 Å². The zero-order chi connectivity index (χ0) is 20.5. The third kappa shape index (κ3) is 6.70. The van der Waals surface area contributed by atoms with E-state index in [1.165, 1.54) is 5.01 Å². The molecule has 1 heterocycles. The molecule has 1 aliphatic rings. The Bertz CT molecular complexity index is 737. The third-order valence-electron chi connectivity index (χ3n) is 3.79. The number of benzene rings is 1. The molecular weight excluding hydrogens is 376 g/mol. The van der Waals surface area contributed by atoms with Crippen molar-refractivity contribution in [1.82, 2.24) is 0 Å². The molecule has 0 saturated heterocycles. The van der Waals surface area contributed by atoms with Crippen molar-refractivity contribution in [3.8, 4) is 5.75 Å².